The Hall–Kier alpha value is -2.42. The third-order valence-electron chi connectivity index (χ3n) is 2.69. The summed E-state index contributed by atoms with van der Waals surface area (Å²) in [5, 5.41) is 20.7. The van der Waals surface area contributed by atoms with Crippen LogP contribution < -0.4 is 5.32 Å². The summed E-state index contributed by atoms with van der Waals surface area (Å²) in [7, 11) is 1.65. The van der Waals surface area contributed by atoms with Crippen LogP contribution in [0.15, 0.2) is 16.5 Å². The normalized spacial score (nSPS) is 12.4. The minimum Gasteiger partial charge on any atom is -0.419 e. The van der Waals surface area contributed by atoms with Gasteiger partial charge in [0.2, 0.25) is 11.7 Å². The summed E-state index contributed by atoms with van der Waals surface area (Å²) in [6.07, 6.45) is 0. The first kappa shape index (κ1) is 14.0. The van der Waals surface area contributed by atoms with Crippen molar-refractivity contribution in [1.29, 1.82) is 0 Å². The lowest BCUT2D eigenvalue weighted by atomic mass is 10.2. The molecular weight excluding hydrogens is 274 g/mol. The number of hydrogen-bond acceptors (Lipinski definition) is 6. The van der Waals surface area contributed by atoms with Crippen LogP contribution in [0.1, 0.15) is 18.9 Å². The second-order valence-electron chi connectivity index (χ2n) is 4.00. The second kappa shape index (κ2) is 5.29. The molecule has 0 fully saturated rings. The Kier molecular flexibility index (Phi) is 3.70. The number of nitrogens with one attached hydrogen (secondary N) is 1. The molecule has 0 aliphatic carbocycles. The number of benzene rings is 1. The Balaban J connectivity index is 2.52. The largest absolute Gasteiger partial charge is 0.419 e. The standard InChI is InChI=1S/C11H10F2N4O3/c1-5(14-2)10-15-16-11(20-10)7-3-6(12)4-8(9(7)13)17(18)19/h3-5,14H,1-2H3. The highest BCUT2D eigenvalue weighted by atomic mass is 19.1. The summed E-state index contributed by atoms with van der Waals surface area (Å²) in [5.74, 6) is -2.34. The van der Waals surface area contributed by atoms with Crippen molar-refractivity contribution in [2.75, 3.05) is 7.05 Å². The molecule has 0 radical (unpaired) electrons. The molecule has 0 spiro atoms. The quantitative estimate of drug-likeness (QED) is 0.683. The number of nitro groups is 1. The zero-order valence-corrected chi connectivity index (χ0v) is 10.6. The van der Waals surface area contributed by atoms with Crippen LogP contribution in [-0.4, -0.2) is 22.2 Å². The highest BCUT2D eigenvalue weighted by Crippen LogP contribution is 2.30. The van der Waals surface area contributed by atoms with E-state index in [0.29, 0.717) is 6.07 Å². The summed E-state index contributed by atoms with van der Waals surface area (Å²) in [6, 6.07) is 0.971. The summed E-state index contributed by atoms with van der Waals surface area (Å²) in [6.45, 7) is 1.72. The number of aromatic nitrogens is 2. The highest BCUT2D eigenvalue weighted by molar-refractivity contribution is 5.59. The predicted molar refractivity (Wildman–Crippen MR) is 63.8 cm³/mol. The van der Waals surface area contributed by atoms with E-state index in [-0.39, 0.29) is 17.8 Å². The van der Waals surface area contributed by atoms with E-state index >= 15 is 0 Å². The molecule has 20 heavy (non-hydrogen) atoms. The highest BCUT2D eigenvalue weighted by Gasteiger charge is 2.24. The van der Waals surface area contributed by atoms with E-state index < -0.39 is 27.8 Å². The van der Waals surface area contributed by atoms with Crippen molar-refractivity contribution < 1.29 is 18.1 Å². The van der Waals surface area contributed by atoms with Gasteiger partial charge in [0, 0.05) is 0 Å². The van der Waals surface area contributed by atoms with Gasteiger partial charge in [-0.3, -0.25) is 10.1 Å². The molecule has 2 aromatic rings. The van der Waals surface area contributed by atoms with Gasteiger partial charge in [-0.2, -0.15) is 4.39 Å². The monoisotopic (exact) mass is 284 g/mol. The fourth-order valence-electron chi connectivity index (χ4n) is 1.51. The zero-order chi connectivity index (χ0) is 14.9. The minimum absolute atomic E-state index is 0.161. The van der Waals surface area contributed by atoms with Gasteiger partial charge in [0.25, 0.3) is 5.89 Å². The summed E-state index contributed by atoms with van der Waals surface area (Å²) in [4.78, 5) is 9.62. The molecule has 106 valence electrons. The molecule has 0 bridgehead atoms. The number of nitro benzene ring substituents is 1. The van der Waals surface area contributed by atoms with Crippen LogP contribution in [0.5, 0.6) is 0 Å². The molecule has 1 aromatic heterocycles. The molecule has 0 amide bonds. The Labute approximate surface area is 111 Å². The van der Waals surface area contributed by atoms with Crippen LogP contribution in [0.4, 0.5) is 14.5 Å². The van der Waals surface area contributed by atoms with Gasteiger partial charge >= 0.3 is 5.69 Å². The van der Waals surface area contributed by atoms with Gasteiger partial charge < -0.3 is 9.73 Å². The van der Waals surface area contributed by atoms with E-state index in [1.807, 2.05) is 0 Å². The molecule has 1 N–H and O–H groups in total. The van der Waals surface area contributed by atoms with Crippen LogP contribution in [0.25, 0.3) is 11.5 Å². The van der Waals surface area contributed by atoms with Gasteiger partial charge in [0.15, 0.2) is 0 Å². The van der Waals surface area contributed by atoms with Crippen LogP contribution in [0.3, 0.4) is 0 Å². The van der Waals surface area contributed by atoms with Gasteiger partial charge in [-0.15, -0.1) is 10.2 Å². The van der Waals surface area contributed by atoms with Crippen molar-refractivity contribution in [2.24, 2.45) is 0 Å². The minimum atomic E-state index is -1.22. The van der Waals surface area contributed by atoms with E-state index in [2.05, 4.69) is 15.5 Å². The van der Waals surface area contributed by atoms with Gasteiger partial charge in [0.1, 0.15) is 5.82 Å². The fraction of sp³-hybridized carbons (Fsp3) is 0.273. The topological polar surface area (TPSA) is 94.1 Å². The average Bonchev–Trinajstić information content (AvgIpc) is 2.89. The van der Waals surface area contributed by atoms with E-state index in [0.717, 1.165) is 6.07 Å². The van der Waals surface area contributed by atoms with Gasteiger partial charge in [-0.25, -0.2) is 4.39 Å². The lowest BCUT2D eigenvalue weighted by Crippen LogP contribution is -2.12. The number of rotatable bonds is 4. The van der Waals surface area contributed by atoms with Gasteiger partial charge in [-0.05, 0) is 20.0 Å². The third-order valence-corrected chi connectivity index (χ3v) is 2.69. The van der Waals surface area contributed by atoms with Crippen LogP contribution in [0, 0.1) is 21.7 Å². The molecule has 0 aliphatic rings. The molecule has 1 heterocycles. The molecule has 0 saturated carbocycles. The summed E-state index contributed by atoms with van der Waals surface area (Å²) < 4.78 is 32.4. The summed E-state index contributed by atoms with van der Waals surface area (Å²) in [5.41, 5.74) is -1.43. The van der Waals surface area contributed by atoms with Crippen molar-refractivity contribution in [3.05, 3.63) is 39.8 Å². The smallest absolute Gasteiger partial charge is 0.308 e. The molecule has 1 unspecified atom stereocenters. The number of halogens is 2. The molecule has 0 aliphatic heterocycles. The van der Waals surface area contributed by atoms with Gasteiger partial charge in [-0.1, -0.05) is 0 Å². The number of nitrogens with zero attached hydrogens (tertiary/aromatic N) is 3. The van der Waals surface area contributed by atoms with Crippen LogP contribution >= 0.6 is 0 Å². The molecule has 9 heteroatoms. The van der Waals surface area contributed by atoms with Crippen molar-refractivity contribution in [1.82, 2.24) is 15.5 Å². The first-order valence-corrected chi connectivity index (χ1v) is 5.58. The third kappa shape index (κ3) is 2.48. The number of hydrogen-bond donors (Lipinski definition) is 1. The lowest BCUT2D eigenvalue weighted by Gasteiger charge is -2.03. The van der Waals surface area contributed by atoms with Crippen molar-refractivity contribution in [3.8, 4) is 11.5 Å². The Morgan fingerprint density at radius 2 is 2.10 bits per heavy atom. The van der Waals surface area contributed by atoms with Crippen molar-refractivity contribution in [3.63, 3.8) is 0 Å². The lowest BCUT2D eigenvalue weighted by molar-refractivity contribution is -0.387. The Bertz CT molecular complexity index is 659. The molecule has 7 nitrogen and oxygen atoms in total. The van der Waals surface area contributed by atoms with Gasteiger partial charge in [0.05, 0.1) is 22.6 Å². The Morgan fingerprint density at radius 3 is 2.70 bits per heavy atom. The first-order chi connectivity index (χ1) is 9.43. The molecular formula is C11H10F2N4O3. The SMILES string of the molecule is CNC(C)c1nnc(-c2cc(F)cc([N+](=O)[O-])c2F)o1. The predicted octanol–water partition coefficient (Wildman–Crippen LogP) is 2.20. The van der Waals surface area contributed by atoms with Crippen molar-refractivity contribution >= 4 is 5.69 Å². The molecule has 1 aromatic carbocycles. The molecule has 1 atom stereocenters. The molecule has 0 saturated heterocycles. The molecule has 2 rings (SSSR count). The van der Waals surface area contributed by atoms with E-state index in [1.54, 1.807) is 14.0 Å². The fourth-order valence-corrected chi connectivity index (χ4v) is 1.51. The second-order valence-corrected chi connectivity index (χ2v) is 4.00. The zero-order valence-electron chi connectivity index (χ0n) is 10.6. The van der Waals surface area contributed by atoms with E-state index in [1.165, 1.54) is 0 Å². The Morgan fingerprint density at radius 1 is 1.40 bits per heavy atom. The average molecular weight is 284 g/mol. The van der Waals surface area contributed by atoms with Crippen molar-refractivity contribution in [2.45, 2.75) is 13.0 Å². The van der Waals surface area contributed by atoms with E-state index in [4.69, 9.17) is 4.42 Å². The summed E-state index contributed by atoms with van der Waals surface area (Å²) >= 11 is 0. The maximum Gasteiger partial charge on any atom is 0.308 e. The maximum absolute atomic E-state index is 13.9. The van der Waals surface area contributed by atoms with Crippen LogP contribution in [0.2, 0.25) is 0 Å². The maximum atomic E-state index is 13.9. The van der Waals surface area contributed by atoms with E-state index in [9.17, 15) is 18.9 Å². The first-order valence-electron chi connectivity index (χ1n) is 5.58. The van der Waals surface area contributed by atoms with Crippen LogP contribution in [-0.2, 0) is 0 Å².